The van der Waals surface area contributed by atoms with Gasteiger partial charge in [-0.15, -0.1) is 0 Å². The summed E-state index contributed by atoms with van der Waals surface area (Å²) in [4.78, 5) is 30.3. The van der Waals surface area contributed by atoms with Crippen LogP contribution in [0.25, 0.3) is 10.9 Å². The number of carbonyl (C=O) groups excluding carboxylic acids is 1. The van der Waals surface area contributed by atoms with Crippen LogP contribution in [-0.2, 0) is 16.6 Å². The maximum Gasteiger partial charge on any atom is 0.261 e. The van der Waals surface area contributed by atoms with Crippen molar-refractivity contribution >= 4 is 16.8 Å². The lowest BCUT2D eigenvalue weighted by molar-refractivity contribution is -0.121. The fourth-order valence-electron chi connectivity index (χ4n) is 4.62. The first-order chi connectivity index (χ1) is 14.7. The van der Waals surface area contributed by atoms with Crippen molar-refractivity contribution in [2.45, 2.75) is 56.4 Å². The van der Waals surface area contributed by atoms with E-state index in [9.17, 15) is 9.59 Å². The van der Waals surface area contributed by atoms with Gasteiger partial charge in [-0.25, -0.2) is 4.98 Å². The standard InChI is InChI=1S/C25H27N3O2/c29-23(26-17-25(15-6-16-25)18-7-2-1-3-8-18)14-13-22-27-21-10-5-4-9-20(21)24(30)28(22)19-11-12-19/h1-5,7-10,19H,6,11-17H2,(H,26,29). The van der Waals surface area contributed by atoms with E-state index in [1.165, 1.54) is 12.0 Å². The predicted octanol–water partition coefficient (Wildman–Crippen LogP) is 3.90. The molecule has 154 valence electrons. The van der Waals surface area contributed by atoms with Crippen LogP contribution < -0.4 is 10.9 Å². The highest BCUT2D eigenvalue weighted by Crippen LogP contribution is 2.43. The van der Waals surface area contributed by atoms with Crippen LogP contribution in [0.3, 0.4) is 0 Å². The molecule has 0 radical (unpaired) electrons. The Morgan fingerprint density at radius 2 is 1.80 bits per heavy atom. The fraction of sp³-hybridized carbons (Fsp3) is 0.400. The number of nitrogens with one attached hydrogen (secondary N) is 1. The van der Waals surface area contributed by atoms with Crippen molar-refractivity contribution in [1.29, 1.82) is 0 Å². The molecular weight excluding hydrogens is 374 g/mol. The van der Waals surface area contributed by atoms with Crippen LogP contribution in [0, 0.1) is 0 Å². The summed E-state index contributed by atoms with van der Waals surface area (Å²) in [5.74, 6) is 0.764. The molecule has 5 nitrogen and oxygen atoms in total. The molecule has 2 aromatic carbocycles. The maximum atomic E-state index is 13.0. The second-order valence-corrected chi connectivity index (χ2v) is 8.73. The summed E-state index contributed by atoms with van der Waals surface area (Å²) in [5.41, 5.74) is 2.13. The first kappa shape index (κ1) is 19.0. The topological polar surface area (TPSA) is 64.0 Å². The Bertz CT molecular complexity index is 1130. The summed E-state index contributed by atoms with van der Waals surface area (Å²) >= 11 is 0. The number of para-hydroxylation sites is 1. The van der Waals surface area contributed by atoms with E-state index in [-0.39, 0.29) is 22.9 Å². The Kier molecular flexibility index (Phi) is 4.89. The third-order valence-electron chi connectivity index (χ3n) is 6.69. The molecule has 2 saturated carbocycles. The van der Waals surface area contributed by atoms with Gasteiger partial charge in [0.1, 0.15) is 5.82 Å². The van der Waals surface area contributed by atoms with Gasteiger partial charge in [0.25, 0.3) is 5.56 Å². The van der Waals surface area contributed by atoms with Gasteiger partial charge in [-0.3, -0.25) is 14.2 Å². The summed E-state index contributed by atoms with van der Waals surface area (Å²) in [5, 5.41) is 3.82. The van der Waals surface area contributed by atoms with Crippen molar-refractivity contribution in [2.75, 3.05) is 6.54 Å². The molecule has 5 rings (SSSR count). The van der Waals surface area contributed by atoms with Crippen LogP contribution >= 0.6 is 0 Å². The minimum Gasteiger partial charge on any atom is -0.355 e. The van der Waals surface area contributed by atoms with Crippen LogP contribution in [0.5, 0.6) is 0 Å². The van der Waals surface area contributed by atoms with E-state index in [1.54, 1.807) is 0 Å². The van der Waals surface area contributed by atoms with Gasteiger partial charge in [0.2, 0.25) is 5.91 Å². The Morgan fingerprint density at radius 3 is 2.50 bits per heavy atom. The van der Waals surface area contributed by atoms with Gasteiger partial charge in [0, 0.05) is 30.8 Å². The van der Waals surface area contributed by atoms with E-state index in [0.717, 1.165) is 31.5 Å². The third-order valence-corrected chi connectivity index (χ3v) is 6.69. The van der Waals surface area contributed by atoms with Crippen molar-refractivity contribution in [3.05, 3.63) is 76.3 Å². The highest BCUT2D eigenvalue weighted by Gasteiger charge is 2.38. The monoisotopic (exact) mass is 401 g/mol. The van der Waals surface area contributed by atoms with E-state index in [0.29, 0.717) is 30.3 Å². The number of carbonyl (C=O) groups is 1. The van der Waals surface area contributed by atoms with Crippen LogP contribution in [0.4, 0.5) is 0 Å². The minimum atomic E-state index is 0.0241. The fourth-order valence-corrected chi connectivity index (χ4v) is 4.62. The summed E-state index contributed by atoms with van der Waals surface area (Å²) < 4.78 is 1.83. The van der Waals surface area contributed by atoms with E-state index >= 15 is 0 Å². The van der Waals surface area contributed by atoms with Crippen LogP contribution in [-0.4, -0.2) is 22.0 Å². The molecule has 0 bridgehead atoms. The Balaban J connectivity index is 1.28. The summed E-state index contributed by atoms with van der Waals surface area (Å²) in [6, 6.07) is 18.2. The molecule has 5 heteroatoms. The number of fused-ring (bicyclic) bond motifs is 1. The maximum absolute atomic E-state index is 13.0. The molecule has 2 aliphatic rings. The van der Waals surface area contributed by atoms with Gasteiger partial charge in [-0.05, 0) is 43.4 Å². The van der Waals surface area contributed by atoms with E-state index < -0.39 is 0 Å². The molecule has 30 heavy (non-hydrogen) atoms. The van der Waals surface area contributed by atoms with Gasteiger partial charge >= 0.3 is 0 Å². The lowest BCUT2D eigenvalue weighted by atomic mass is 9.64. The molecule has 0 unspecified atom stereocenters. The number of aromatic nitrogens is 2. The van der Waals surface area contributed by atoms with E-state index in [2.05, 4.69) is 29.6 Å². The van der Waals surface area contributed by atoms with Gasteiger partial charge in [-0.2, -0.15) is 0 Å². The molecule has 2 aliphatic carbocycles. The Morgan fingerprint density at radius 1 is 1.07 bits per heavy atom. The summed E-state index contributed by atoms with van der Waals surface area (Å²) in [6.07, 6.45) is 6.30. The van der Waals surface area contributed by atoms with Crippen molar-refractivity contribution in [1.82, 2.24) is 14.9 Å². The van der Waals surface area contributed by atoms with Crippen molar-refractivity contribution in [3.8, 4) is 0 Å². The summed E-state index contributed by atoms with van der Waals surface area (Å²) in [7, 11) is 0. The van der Waals surface area contributed by atoms with Crippen molar-refractivity contribution in [3.63, 3.8) is 0 Å². The number of benzene rings is 2. The molecule has 2 fully saturated rings. The zero-order valence-electron chi connectivity index (χ0n) is 17.1. The van der Waals surface area contributed by atoms with Gasteiger partial charge < -0.3 is 5.32 Å². The number of hydrogen-bond acceptors (Lipinski definition) is 3. The number of hydrogen-bond donors (Lipinski definition) is 1. The van der Waals surface area contributed by atoms with Crippen LogP contribution in [0.2, 0.25) is 0 Å². The zero-order chi connectivity index (χ0) is 20.6. The Hall–Kier alpha value is -2.95. The molecule has 0 aliphatic heterocycles. The third kappa shape index (κ3) is 3.53. The van der Waals surface area contributed by atoms with E-state index in [4.69, 9.17) is 4.98 Å². The van der Waals surface area contributed by atoms with Gasteiger partial charge in [0.05, 0.1) is 10.9 Å². The molecule has 1 heterocycles. The van der Waals surface area contributed by atoms with Crippen molar-refractivity contribution in [2.24, 2.45) is 0 Å². The molecular formula is C25H27N3O2. The Labute approximate surface area is 176 Å². The molecule has 1 amide bonds. The number of nitrogens with zero attached hydrogens (tertiary/aromatic N) is 2. The molecule has 0 saturated heterocycles. The molecule has 1 N–H and O–H groups in total. The molecule has 1 aromatic heterocycles. The average Bonchev–Trinajstić information content (AvgIpc) is 3.57. The predicted molar refractivity (Wildman–Crippen MR) is 118 cm³/mol. The normalized spacial score (nSPS) is 17.5. The largest absolute Gasteiger partial charge is 0.355 e. The summed E-state index contributed by atoms with van der Waals surface area (Å²) in [6.45, 7) is 0.677. The smallest absolute Gasteiger partial charge is 0.261 e. The zero-order valence-corrected chi connectivity index (χ0v) is 17.1. The van der Waals surface area contributed by atoms with Gasteiger partial charge in [-0.1, -0.05) is 48.9 Å². The van der Waals surface area contributed by atoms with Crippen molar-refractivity contribution < 1.29 is 4.79 Å². The molecule has 0 spiro atoms. The quantitative estimate of drug-likeness (QED) is 0.653. The van der Waals surface area contributed by atoms with E-state index in [1.807, 2.05) is 34.9 Å². The second-order valence-electron chi connectivity index (χ2n) is 8.73. The minimum absolute atomic E-state index is 0.0241. The molecule has 3 aromatic rings. The number of aryl methyl sites for hydroxylation is 1. The first-order valence-electron chi connectivity index (χ1n) is 11.0. The highest BCUT2D eigenvalue weighted by atomic mass is 16.1. The van der Waals surface area contributed by atoms with Gasteiger partial charge in [0.15, 0.2) is 0 Å². The highest BCUT2D eigenvalue weighted by molar-refractivity contribution is 5.78. The second kappa shape index (κ2) is 7.71. The first-order valence-corrected chi connectivity index (χ1v) is 11.0. The molecule has 0 atom stereocenters. The van der Waals surface area contributed by atoms with Crippen LogP contribution in [0.15, 0.2) is 59.4 Å². The average molecular weight is 402 g/mol. The lowest BCUT2D eigenvalue weighted by Gasteiger charge is -2.42. The lowest BCUT2D eigenvalue weighted by Crippen LogP contribution is -2.45. The number of amides is 1. The number of rotatable bonds is 7. The van der Waals surface area contributed by atoms with Crippen LogP contribution in [0.1, 0.15) is 56.0 Å². The SMILES string of the molecule is O=C(CCc1nc2ccccc2c(=O)n1C1CC1)NCC1(c2ccccc2)CCC1.